The fourth-order valence-electron chi connectivity index (χ4n) is 2.92. The van der Waals surface area contributed by atoms with Gasteiger partial charge in [-0.1, -0.05) is 18.2 Å². The highest BCUT2D eigenvalue weighted by molar-refractivity contribution is 5.94. The van der Waals surface area contributed by atoms with Gasteiger partial charge in [-0.15, -0.1) is 0 Å². The van der Waals surface area contributed by atoms with Crippen LogP contribution < -0.4 is 10.2 Å². The van der Waals surface area contributed by atoms with E-state index in [1.165, 1.54) is 0 Å². The van der Waals surface area contributed by atoms with Crippen LogP contribution in [0.4, 0.5) is 0 Å². The number of benzene rings is 2. The number of hydrogen-bond donors (Lipinski definition) is 0. The van der Waals surface area contributed by atoms with Crippen LogP contribution in [0, 0.1) is 0 Å². The predicted octanol–water partition coefficient (Wildman–Crippen LogP) is 3.59. The molecule has 5 nitrogen and oxygen atoms in total. The van der Waals surface area contributed by atoms with Crippen LogP contribution in [0.15, 0.2) is 64.3 Å². The molecule has 4 rings (SSSR count). The molecule has 0 aliphatic heterocycles. The van der Waals surface area contributed by atoms with Crippen LogP contribution in [0.1, 0.15) is 12.5 Å². The van der Waals surface area contributed by atoms with E-state index in [-0.39, 0.29) is 5.43 Å². The average molecular weight is 320 g/mol. The SMILES string of the molecule is CCOc1ccc(Cn2ccnc2)c2c(=O)c3ccccc3oc12. The third-order valence-corrected chi connectivity index (χ3v) is 3.99. The summed E-state index contributed by atoms with van der Waals surface area (Å²) < 4.78 is 13.6. The van der Waals surface area contributed by atoms with E-state index in [1.54, 1.807) is 24.7 Å². The number of para-hydroxylation sites is 1. The molecule has 0 aliphatic carbocycles. The molecule has 0 unspecified atom stereocenters. The quantitative estimate of drug-likeness (QED) is 0.539. The monoisotopic (exact) mass is 320 g/mol. The Morgan fingerprint density at radius 1 is 1.21 bits per heavy atom. The number of fused-ring (bicyclic) bond motifs is 2. The number of nitrogens with zero attached hydrogens (tertiary/aromatic N) is 2. The molecule has 24 heavy (non-hydrogen) atoms. The summed E-state index contributed by atoms with van der Waals surface area (Å²) in [5.74, 6) is 0.588. The number of imidazole rings is 1. The van der Waals surface area contributed by atoms with Crippen molar-refractivity contribution >= 4 is 21.9 Å². The number of aromatic nitrogens is 2. The molecule has 0 saturated heterocycles. The van der Waals surface area contributed by atoms with Crippen molar-refractivity contribution in [2.24, 2.45) is 0 Å². The van der Waals surface area contributed by atoms with Crippen LogP contribution in [0.5, 0.6) is 5.75 Å². The maximum Gasteiger partial charge on any atom is 0.201 e. The second kappa shape index (κ2) is 5.85. The second-order valence-electron chi connectivity index (χ2n) is 5.52. The molecule has 0 spiro atoms. The zero-order valence-electron chi connectivity index (χ0n) is 13.2. The summed E-state index contributed by atoms with van der Waals surface area (Å²) in [6.07, 6.45) is 5.31. The summed E-state index contributed by atoms with van der Waals surface area (Å²) in [6, 6.07) is 11.1. The van der Waals surface area contributed by atoms with E-state index in [4.69, 9.17) is 9.15 Å². The Balaban J connectivity index is 2.05. The van der Waals surface area contributed by atoms with Gasteiger partial charge in [-0.05, 0) is 30.7 Å². The first-order chi connectivity index (χ1) is 11.8. The lowest BCUT2D eigenvalue weighted by Gasteiger charge is -2.12. The van der Waals surface area contributed by atoms with Gasteiger partial charge in [0, 0.05) is 18.9 Å². The summed E-state index contributed by atoms with van der Waals surface area (Å²) in [5, 5.41) is 1.14. The van der Waals surface area contributed by atoms with Crippen LogP contribution in [0.3, 0.4) is 0 Å². The van der Waals surface area contributed by atoms with E-state index < -0.39 is 0 Å². The lowest BCUT2D eigenvalue weighted by atomic mass is 10.1. The molecule has 0 atom stereocenters. The zero-order valence-corrected chi connectivity index (χ0v) is 13.2. The van der Waals surface area contributed by atoms with Crippen molar-refractivity contribution in [2.45, 2.75) is 13.5 Å². The minimum absolute atomic E-state index is 0.0384. The highest BCUT2D eigenvalue weighted by Gasteiger charge is 2.16. The summed E-state index contributed by atoms with van der Waals surface area (Å²) in [6.45, 7) is 2.96. The van der Waals surface area contributed by atoms with E-state index in [0.29, 0.717) is 40.8 Å². The lowest BCUT2D eigenvalue weighted by Crippen LogP contribution is -2.08. The van der Waals surface area contributed by atoms with Crippen molar-refractivity contribution in [1.29, 1.82) is 0 Å². The topological polar surface area (TPSA) is 57.3 Å². The van der Waals surface area contributed by atoms with E-state index >= 15 is 0 Å². The molecule has 0 amide bonds. The van der Waals surface area contributed by atoms with Crippen molar-refractivity contribution in [3.05, 3.63) is 70.9 Å². The molecule has 0 aliphatic rings. The summed E-state index contributed by atoms with van der Waals surface area (Å²) in [4.78, 5) is 17.1. The van der Waals surface area contributed by atoms with E-state index in [2.05, 4.69) is 4.98 Å². The fraction of sp³-hybridized carbons (Fsp3) is 0.158. The summed E-state index contributed by atoms with van der Waals surface area (Å²) >= 11 is 0. The first kappa shape index (κ1) is 14.5. The van der Waals surface area contributed by atoms with Gasteiger partial charge >= 0.3 is 0 Å². The van der Waals surface area contributed by atoms with Crippen molar-refractivity contribution in [2.75, 3.05) is 6.61 Å². The molecule has 4 aromatic rings. The normalized spacial score (nSPS) is 11.2. The zero-order chi connectivity index (χ0) is 16.5. The van der Waals surface area contributed by atoms with E-state index in [0.717, 1.165) is 5.56 Å². The molecule has 120 valence electrons. The Morgan fingerprint density at radius 2 is 2.08 bits per heavy atom. The standard InChI is InChI=1S/C19H16N2O3/c1-2-23-16-8-7-13(11-21-10-9-20-12-21)17-18(22)14-5-3-4-6-15(14)24-19(16)17/h3-10,12H,2,11H2,1H3. The third-order valence-electron chi connectivity index (χ3n) is 3.99. The van der Waals surface area contributed by atoms with Crippen molar-refractivity contribution in [1.82, 2.24) is 9.55 Å². The highest BCUT2D eigenvalue weighted by Crippen LogP contribution is 2.30. The molecule has 0 saturated carbocycles. The number of hydrogen-bond acceptors (Lipinski definition) is 4. The van der Waals surface area contributed by atoms with Gasteiger partial charge in [-0.25, -0.2) is 4.98 Å². The summed E-state index contributed by atoms with van der Waals surface area (Å²) in [7, 11) is 0. The van der Waals surface area contributed by atoms with Crippen molar-refractivity contribution in [3.8, 4) is 5.75 Å². The summed E-state index contributed by atoms with van der Waals surface area (Å²) in [5.41, 5.74) is 1.91. The van der Waals surface area contributed by atoms with Gasteiger partial charge in [0.25, 0.3) is 0 Å². The molecule has 0 fully saturated rings. The third kappa shape index (κ3) is 2.34. The molecule has 0 bridgehead atoms. The Morgan fingerprint density at radius 3 is 2.88 bits per heavy atom. The molecular formula is C19H16N2O3. The van der Waals surface area contributed by atoms with Crippen molar-refractivity contribution < 1.29 is 9.15 Å². The van der Waals surface area contributed by atoms with Crippen LogP contribution >= 0.6 is 0 Å². The predicted molar refractivity (Wildman–Crippen MR) is 92.5 cm³/mol. The van der Waals surface area contributed by atoms with Gasteiger partial charge in [0.05, 0.1) is 23.7 Å². The van der Waals surface area contributed by atoms with Crippen LogP contribution in [-0.4, -0.2) is 16.2 Å². The number of ether oxygens (including phenoxy) is 1. The maximum atomic E-state index is 13.1. The Labute approximate surface area is 138 Å². The Bertz CT molecular complexity index is 1070. The highest BCUT2D eigenvalue weighted by atomic mass is 16.5. The first-order valence-corrected chi connectivity index (χ1v) is 7.84. The molecule has 2 aromatic carbocycles. The lowest BCUT2D eigenvalue weighted by molar-refractivity contribution is 0.339. The smallest absolute Gasteiger partial charge is 0.201 e. The second-order valence-corrected chi connectivity index (χ2v) is 5.52. The van der Waals surface area contributed by atoms with Crippen LogP contribution in [-0.2, 0) is 6.54 Å². The molecule has 2 aromatic heterocycles. The minimum Gasteiger partial charge on any atom is -0.490 e. The average Bonchev–Trinajstić information content (AvgIpc) is 3.10. The van der Waals surface area contributed by atoms with Gasteiger partial charge in [-0.3, -0.25) is 4.79 Å². The largest absolute Gasteiger partial charge is 0.490 e. The fourth-order valence-corrected chi connectivity index (χ4v) is 2.92. The maximum absolute atomic E-state index is 13.1. The molecule has 0 radical (unpaired) electrons. The Hall–Kier alpha value is -3.08. The van der Waals surface area contributed by atoms with Gasteiger partial charge in [0.1, 0.15) is 5.58 Å². The van der Waals surface area contributed by atoms with E-state index in [9.17, 15) is 4.79 Å². The first-order valence-electron chi connectivity index (χ1n) is 7.84. The van der Waals surface area contributed by atoms with Crippen LogP contribution in [0.25, 0.3) is 21.9 Å². The molecule has 5 heteroatoms. The molecular weight excluding hydrogens is 304 g/mol. The van der Waals surface area contributed by atoms with Crippen molar-refractivity contribution in [3.63, 3.8) is 0 Å². The Kier molecular flexibility index (Phi) is 3.54. The molecule has 2 heterocycles. The molecule has 0 N–H and O–H groups in total. The minimum atomic E-state index is -0.0384. The van der Waals surface area contributed by atoms with Gasteiger partial charge in [0.15, 0.2) is 11.3 Å². The number of rotatable bonds is 4. The van der Waals surface area contributed by atoms with Gasteiger partial charge < -0.3 is 13.7 Å². The van der Waals surface area contributed by atoms with Gasteiger partial charge in [-0.2, -0.15) is 0 Å². The van der Waals surface area contributed by atoms with Crippen LogP contribution in [0.2, 0.25) is 0 Å². The van der Waals surface area contributed by atoms with Gasteiger partial charge in [0.2, 0.25) is 5.43 Å². The van der Waals surface area contributed by atoms with E-state index in [1.807, 2.05) is 42.0 Å².